The summed E-state index contributed by atoms with van der Waals surface area (Å²) >= 11 is 0. The van der Waals surface area contributed by atoms with Gasteiger partial charge in [-0.2, -0.15) is 0 Å². The quantitative estimate of drug-likeness (QED) is 0.724. The Morgan fingerprint density at radius 2 is 2.00 bits per heavy atom. The van der Waals surface area contributed by atoms with Crippen molar-refractivity contribution in [2.75, 3.05) is 13.2 Å². The monoisotopic (exact) mass is 224 g/mol. The fraction of sp³-hybridized carbons (Fsp3) is 0.538. The number of ether oxygens (including phenoxy) is 2. The minimum atomic E-state index is -0.0254. The molecule has 3 nitrogen and oxygen atoms in total. The fourth-order valence-corrected chi connectivity index (χ4v) is 1.44. The van der Waals surface area contributed by atoms with E-state index in [0.717, 1.165) is 18.4 Å². The molecule has 0 amide bonds. The van der Waals surface area contributed by atoms with Crippen LogP contribution in [0.3, 0.4) is 0 Å². The minimum Gasteiger partial charge on any atom is -0.490 e. The van der Waals surface area contributed by atoms with E-state index in [1.807, 2.05) is 25.1 Å². The van der Waals surface area contributed by atoms with Crippen LogP contribution in [0.5, 0.6) is 11.5 Å². The van der Waals surface area contributed by atoms with E-state index in [9.17, 15) is 5.11 Å². The third kappa shape index (κ3) is 3.42. The molecular formula is C13H20O3. The van der Waals surface area contributed by atoms with Crippen molar-refractivity contribution < 1.29 is 14.6 Å². The van der Waals surface area contributed by atoms with Gasteiger partial charge in [0.05, 0.1) is 19.8 Å². The van der Waals surface area contributed by atoms with Gasteiger partial charge in [-0.25, -0.2) is 0 Å². The molecule has 1 aromatic carbocycles. The van der Waals surface area contributed by atoms with Gasteiger partial charge in [0.1, 0.15) is 0 Å². The number of rotatable bonds is 7. The van der Waals surface area contributed by atoms with E-state index in [2.05, 4.69) is 6.92 Å². The second-order valence-electron chi connectivity index (χ2n) is 3.54. The summed E-state index contributed by atoms with van der Waals surface area (Å²) in [6.45, 7) is 5.28. The maximum absolute atomic E-state index is 9.23. The highest BCUT2D eigenvalue weighted by Gasteiger charge is 2.09. The number of benzene rings is 1. The van der Waals surface area contributed by atoms with E-state index in [1.165, 1.54) is 0 Å². The summed E-state index contributed by atoms with van der Waals surface area (Å²) in [5.41, 5.74) is 0.780. The molecule has 0 bridgehead atoms. The van der Waals surface area contributed by atoms with Crippen LogP contribution in [0.2, 0.25) is 0 Å². The van der Waals surface area contributed by atoms with Gasteiger partial charge < -0.3 is 14.6 Å². The Morgan fingerprint density at radius 1 is 1.19 bits per heavy atom. The molecule has 3 heteroatoms. The largest absolute Gasteiger partial charge is 0.490 e. The summed E-state index contributed by atoms with van der Waals surface area (Å²) in [4.78, 5) is 0. The SMILES string of the molecule is CCCCOc1c(CO)cccc1OCC. The lowest BCUT2D eigenvalue weighted by Crippen LogP contribution is -2.03. The van der Waals surface area contributed by atoms with Crippen molar-refractivity contribution in [1.82, 2.24) is 0 Å². The molecule has 1 rings (SSSR count). The number of aliphatic hydroxyl groups excluding tert-OH is 1. The summed E-state index contributed by atoms with van der Waals surface area (Å²) < 4.78 is 11.1. The molecule has 0 aromatic heterocycles. The standard InChI is InChI=1S/C13H20O3/c1-3-5-9-16-13-11(10-14)7-6-8-12(13)15-4-2/h6-8,14H,3-5,9-10H2,1-2H3. The van der Waals surface area contributed by atoms with Gasteiger partial charge in [-0.05, 0) is 19.4 Å². The molecule has 0 aliphatic rings. The zero-order valence-electron chi connectivity index (χ0n) is 10.0. The molecule has 0 aliphatic heterocycles. The number of para-hydroxylation sites is 1. The van der Waals surface area contributed by atoms with Crippen LogP contribution in [-0.2, 0) is 6.61 Å². The van der Waals surface area contributed by atoms with Gasteiger partial charge in [-0.1, -0.05) is 25.5 Å². The molecule has 90 valence electrons. The van der Waals surface area contributed by atoms with Crippen LogP contribution in [0.1, 0.15) is 32.3 Å². The van der Waals surface area contributed by atoms with Crippen molar-refractivity contribution in [2.24, 2.45) is 0 Å². The van der Waals surface area contributed by atoms with Crippen molar-refractivity contribution in [3.05, 3.63) is 23.8 Å². The Balaban J connectivity index is 2.81. The first kappa shape index (κ1) is 12.8. The Hall–Kier alpha value is -1.22. The van der Waals surface area contributed by atoms with Crippen molar-refractivity contribution in [3.63, 3.8) is 0 Å². The minimum absolute atomic E-state index is 0.0254. The normalized spacial score (nSPS) is 10.2. The van der Waals surface area contributed by atoms with E-state index in [4.69, 9.17) is 9.47 Å². The third-order valence-corrected chi connectivity index (χ3v) is 2.27. The second kappa shape index (κ2) is 7.12. The highest BCUT2D eigenvalue weighted by atomic mass is 16.5. The van der Waals surface area contributed by atoms with Gasteiger partial charge in [0.2, 0.25) is 0 Å². The van der Waals surface area contributed by atoms with Crippen LogP contribution < -0.4 is 9.47 Å². The molecule has 0 aliphatic carbocycles. The maximum atomic E-state index is 9.23. The van der Waals surface area contributed by atoms with Crippen LogP contribution in [0, 0.1) is 0 Å². The first-order chi connectivity index (χ1) is 7.83. The average molecular weight is 224 g/mol. The first-order valence-electron chi connectivity index (χ1n) is 5.81. The van der Waals surface area contributed by atoms with Crippen LogP contribution in [0.15, 0.2) is 18.2 Å². The predicted octanol–water partition coefficient (Wildman–Crippen LogP) is 2.76. The topological polar surface area (TPSA) is 38.7 Å². The highest BCUT2D eigenvalue weighted by molar-refractivity contribution is 5.46. The summed E-state index contributed by atoms with van der Waals surface area (Å²) in [6, 6.07) is 5.58. The summed E-state index contributed by atoms with van der Waals surface area (Å²) in [7, 11) is 0. The zero-order chi connectivity index (χ0) is 11.8. The summed E-state index contributed by atoms with van der Waals surface area (Å²) in [5, 5.41) is 9.23. The average Bonchev–Trinajstić information content (AvgIpc) is 2.31. The van der Waals surface area contributed by atoms with Gasteiger partial charge in [0, 0.05) is 5.56 Å². The van der Waals surface area contributed by atoms with Gasteiger partial charge in [-0.3, -0.25) is 0 Å². The number of unbranched alkanes of at least 4 members (excludes halogenated alkanes) is 1. The Labute approximate surface area is 97.0 Å². The van der Waals surface area contributed by atoms with Crippen molar-refractivity contribution >= 4 is 0 Å². The third-order valence-electron chi connectivity index (χ3n) is 2.27. The lowest BCUT2D eigenvalue weighted by molar-refractivity contribution is 0.246. The Bertz CT molecular complexity index is 310. The van der Waals surface area contributed by atoms with E-state index < -0.39 is 0 Å². The van der Waals surface area contributed by atoms with Gasteiger partial charge in [0.25, 0.3) is 0 Å². The molecule has 0 heterocycles. The van der Waals surface area contributed by atoms with Gasteiger partial charge >= 0.3 is 0 Å². The first-order valence-corrected chi connectivity index (χ1v) is 5.81. The molecule has 0 unspecified atom stereocenters. The molecule has 1 aromatic rings. The molecule has 0 saturated carbocycles. The van der Waals surface area contributed by atoms with Crippen LogP contribution in [0.25, 0.3) is 0 Å². The molecule has 0 fully saturated rings. The van der Waals surface area contributed by atoms with Crippen molar-refractivity contribution in [1.29, 1.82) is 0 Å². The lowest BCUT2D eigenvalue weighted by Gasteiger charge is -2.14. The number of hydrogen-bond donors (Lipinski definition) is 1. The van der Waals surface area contributed by atoms with E-state index in [1.54, 1.807) is 0 Å². The maximum Gasteiger partial charge on any atom is 0.166 e. The zero-order valence-corrected chi connectivity index (χ0v) is 10.0. The Kier molecular flexibility index (Phi) is 5.72. The molecule has 0 radical (unpaired) electrons. The lowest BCUT2D eigenvalue weighted by atomic mass is 10.2. The molecule has 1 N–H and O–H groups in total. The fourth-order valence-electron chi connectivity index (χ4n) is 1.44. The van der Waals surface area contributed by atoms with Gasteiger partial charge in [0.15, 0.2) is 11.5 Å². The van der Waals surface area contributed by atoms with Crippen molar-refractivity contribution in [3.8, 4) is 11.5 Å². The highest BCUT2D eigenvalue weighted by Crippen LogP contribution is 2.31. The predicted molar refractivity (Wildman–Crippen MR) is 63.9 cm³/mol. The van der Waals surface area contributed by atoms with Crippen LogP contribution in [0.4, 0.5) is 0 Å². The van der Waals surface area contributed by atoms with Crippen LogP contribution in [-0.4, -0.2) is 18.3 Å². The number of aliphatic hydroxyl groups is 1. The summed E-state index contributed by atoms with van der Waals surface area (Å²) in [6.07, 6.45) is 2.09. The van der Waals surface area contributed by atoms with Gasteiger partial charge in [-0.15, -0.1) is 0 Å². The summed E-state index contributed by atoms with van der Waals surface area (Å²) in [5.74, 6) is 1.39. The molecule has 0 spiro atoms. The number of hydrogen-bond acceptors (Lipinski definition) is 3. The van der Waals surface area contributed by atoms with E-state index >= 15 is 0 Å². The van der Waals surface area contributed by atoms with Crippen molar-refractivity contribution in [2.45, 2.75) is 33.3 Å². The Morgan fingerprint density at radius 3 is 2.62 bits per heavy atom. The molecule has 0 saturated heterocycles. The molecule has 16 heavy (non-hydrogen) atoms. The molecular weight excluding hydrogens is 204 g/mol. The van der Waals surface area contributed by atoms with Crippen LogP contribution >= 0.6 is 0 Å². The second-order valence-corrected chi connectivity index (χ2v) is 3.54. The van der Waals surface area contributed by atoms with E-state index in [-0.39, 0.29) is 6.61 Å². The molecule has 0 atom stereocenters. The smallest absolute Gasteiger partial charge is 0.166 e. The van der Waals surface area contributed by atoms with E-state index in [0.29, 0.717) is 24.7 Å².